The summed E-state index contributed by atoms with van der Waals surface area (Å²) in [6, 6.07) is 5.72. The van der Waals surface area contributed by atoms with Crippen molar-refractivity contribution in [1.29, 1.82) is 0 Å². The summed E-state index contributed by atoms with van der Waals surface area (Å²) in [4.78, 5) is 21.9. The van der Waals surface area contributed by atoms with Crippen molar-refractivity contribution in [3.63, 3.8) is 0 Å². The van der Waals surface area contributed by atoms with Gasteiger partial charge in [-0.15, -0.1) is 0 Å². The lowest BCUT2D eigenvalue weighted by atomic mass is 10.1. The highest BCUT2D eigenvalue weighted by Gasteiger charge is 2.08. The normalized spacial score (nSPS) is 11.8. The van der Waals surface area contributed by atoms with E-state index in [1.807, 2.05) is 32.0 Å². The van der Waals surface area contributed by atoms with E-state index in [1.54, 1.807) is 6.92 Å². The van der Waals surface area contributed by atoms with Gasteiger partial charge in [-0.1, -0.05) is 13.0 Å². The number of carboxylic acids is 1. The van der Waals surface area contributed by atoms with Crippen molar-refractivity contribution in [2.24, 2.45) is 0 Å². The Morgan fingerprint density at radius 2 is 2.05 bits per heavy atom. The smallest absolute Gasteiger partial charge is 0.303 e. The number of anilines is 2. The highest BCUT2D eigenvalue weighted by atomic mass is 16.4. The monoisotopic (exact) mass is 278 g/mol. The lowest BCUT2D eigenvalue weighted by Crippen LogP contribution is -2.17. The van der Waals surface area contributed by atoms with Crippen LogP contribution in [0.3, 0.4) is 0 Å². The summed E-state index contributed by atoms with van der Waals surface area (Å²) in [5, 5.41) is 14.8. The molecule has 1 unspecified atom stereocenters. The van der Waals surface area contributed by atoms with Gasteiger partial charge in [0.25, 0.3) is 0 Å². The molecule has 0 aliphatic carbocycles. The van der Waals surface area contributed by atoms with E-state index in [2.05, 4.69) is 10.6 Å². The number of rotatable bonds is 7. The molecule has 1 aromatic carbocycles. The number of nitrogens with one attached hydrogen (secondary N) is 2. The van der Waals surface area contributed by atoms with Gasteiger partial charge >= 0.3 is 5.97 Å². The molecular formula is C15H22N2O3. The Labute approximate surface area is 119 Å². The molecular weight excluding hydrogens is 256 g/mol. The molecule has 1 amide bonds. The molecule has 0 saturated carbocycles. The number of amides is 1. The summed E-state index contributed by atoms with van der Waals surface area (Å²) >= 11 is 0. The first-order valence-electron chi connectivity index (χ1n) is 6.81. The van der Waals surface area contributed by atoms with Crippen LogP contribution in [0, 0.1) is 6.92 Å². The van der Waals surface area contributed by atoms with Gasteiger partial charge in [-0.3, -0.25) is 9.59 Å². The van der Waals surface area contributed by atoms with Crippen molar-refractivity contribution in [3.05, 3.63) is 23.8 Å². The maximum absolute atomic E-state index is 11.4. The summed E-state index contributed by atoms with van der Waals surface area (Å²) in [5.41, 5.74) is 2.72. The molecule has 0 aromatic heterocycles. The maximum atomic E-state index is 11.4. The van der Waals surface area contributed by atoms with E-state index in [0.717, 1.165) is 16.9 Å². The van der Waals surface area contributed by atoms with Gasteiger partial charge in [0.05, 0.1) is 0 Å². The third kappa shape index (κ3) is 5.30. The van der Waals surface area contributed by atoms with E-state index in [-0.39, 0.29) is 18.4 Å². The zero-order chi connectivity index (χ0) is 15.1. The van der Waals surface area contributed by atoms with Crippen molar-refractivity contribution in [3.8, 4) is 0 Å². The number of aliphatic carboxylic acids is 1. The van der Waals surface area contributed by atoms with Crippen molar-refractivity contribution in [1.82, 2.24) is 0 Å². The molecule has 0 aliphatic heterocycles. The summed E-state index contributed by atoms with van der Waals surface area (Å²) in [6.45, 7) is 5.72. The fourth-order valence-electron chi connectivity index (χ4n) is 1.78. The number of benzene rings is 1. The van der Waals surface area contributed by atoms with Crippen molar-refractivity contribution >= 4 is 23.3 Å². The predicted octanol–water partition coefficient (Wildman–Crippen LogP) is 3.01. The molecule has 1 aromatic rings. The van der Waals surface area contributed by atoms with Crippen LogP contribution in [-0.4, -0.2) is 23.0 Å². The highest BCUT2D eigenvalue weighted by molar-refractivity contribution is 5.91. The van der Waals surface area contributed by atoms with Crippen LogP contribution < -0.4 is 10.6 Å². The van der Waals surface area contributed by atoms with E-state index in [1.165, 1.54) is 0 Å². The number of carboxylic acid groups (broad SMARTS) is 1. The van der Waals surface area contributed by atoms with E-state index in [4.69, 9.17) is 5.11 Å². The van der Waals surface area contributed by atoms with Crippen molar-refractivity contribution < 1.29 is 14.7 Å². The Morgan fingerprint density at radius 3 is 2.65 bits per heavy atom. The molecule has 0 bridgehead atoms. The second-order valence-corrected chi connectivity index (χ2v) is 4.91. The van der Waals surface area contributed by atoms with Gasteiger partial charge in [0.2, 0.25) is 5.91 Å². The fraction of sp³-hybridized carbons (Fsp3) is 0.467. The standard InChI is InChI=1S/C15H22N2O3/c1-4-14(18)17-12-7-5-10(2)13(9-12)16-11(3)6-8-15(19)20/h5,7,9,11,16H,4,6,8H2,1-3H3,(H,17,18)(H,19,20). The number of hydrogen-bond donors (Lipinski definition) is 3. The van der Waals surface area contributed by atoms with Crippen LogP contribution >= 0.6 is 0 Å². The Balaban J connectivity index is 2.70. The topological polar surface area (TPSA) is 78.4 Å². The molecule has 0 heterocycles. The molecule has 5 heteroatoms. The molecule has 20 heavy (non-hydrogen) atoms. The van der Waals surface area contributed by atoms with Gasteiger partial charge in [-0.2, -0.15) is 0 Å². The van der Waals surface area contributed by atoms with E-state index >= 15 is 0 Å². The molecule has 3 N–H and O–H groups in total. The number of aryl methyl sites for hydroxylation is 1. The summed E-state index contributed by atoms with van der Waals surface area (Å²) in [5.74, 6) is -0.821. The van der Waals surface area contributed by atoms with Crippen LogP contribution in [0.15, 0.2) is 18.2 Å². The van der Waals surface area contributed by atoms with E-state index in [9.17, 15) is 9.59 Å². The van der Waals surface area contributed by atoms with E-state index in [0.29, 0.717) is 12.8 Å². The lowest BCUT2D eigenvalue weighted by Gasteiger charge is -2.17. The fourth-order valence-corrected chi connectivity index (χ4v) is 1.78. The average Bonchev–Trinajstić information content (AvgIpc) is 2.40. The molecule has 0 radical (unpaired) electrons. The number of carbonyl (C=O) groups excluding carboxylic acids is 1. The first kappa shape index (κ1) is 16.0. The van der Waals surface area contributed by atoms with Crippen LogP contribution in [0.1, 0.15) is 38.7 Å². The second-order valence-electron chi connectivity index (χ2n) is 4.91. The van der Waals surface area contributed by atoms with Gasteiger partial charge in [0, 0.05) is 30.3 Å². The number of hydrogen-bond acceptors (Lipinski definition) is 3. The third-order valence-corrected chi connectivity index (χ3v) is 3.04. The largest absolute Gasteiger partial charge is 0.481 e. The zero-order valence-electron chi connectivity index (χ0n) is 12.2. The molecule has 1 atom stereocenters. The highest BCUT2D eigenvalue weighted by Crippen LogP contribution is 2.22. The third-order valence-electron chi connectivity index (χ3n) is 3.04. The van der Waals surface area contributed by atoms with Gasteiger partial charge in [-0.05, 0) is 38.0 Å². The van der Waals surface area contributed by atoms with Crippen LogP contribution in [0.2, 0.25) is 0 Å². The summed E-state index contributed by atoms with van der Waals surface area (Å²) < 4.78 is 0. The summed E-state index contributed by atoms with van der Waals surface area (Å²) in [7, 11) is 0. The zero-order valence-corrected chi connectivity index (χ0v) is 12.2. The molecule has 0 fully saturated rings. The van der Waals surface area contributed by atoms with Crippen LogP contribution in [0.25, 0.3) is 0 Å². The first-order valence-corrected chi connectivity index (χ1v) is 6.81. The van der Waals surface area contributed by atoms with E-state index < -0.39 is 5.97 Å². The van der Waals surface area contributed by atoms with Gasteiger partial charge in [-0.25, -0.2) is 0 Å². The predicted molar refractivity (Wildman–Crippen MR) is 80.1 cm³/mol. The molecule has 0 saturated heterocycles. The van der Waals surface area contributed by atoms with Gasteiger partial charge < -0.3 is 15.7 Å². The van der Waals surface area contributed by atoms with Gasteiger partial charge in [0.1, 0.15) is 0 Å². The Morgan fingerprint density at radius 1 is 1.35 bits per heavy atom. The van der Waals surface area contributed by atoms with Crippen LogP contribution in [0.5, 0.6) is 0 Å². The van der Waals surface area contributed by atoms with Crippen LogP contribution in [0.4, 0.5) is 11.4 Å². The van der Waals surface area contributed by atoms with Crippen molar-refractivity contribution in [2.45, 2.75) is 46.1 Å². The Kier molecular flexibility index (Phi) is 6.03. The molecule has 5 nitrogen and oxygen atoms in total. The first-order chi connectivity index (χ1) is 9.42. The molecule has 0 spiro atoms. The minimum Gasteiger partial charge on any atom is -0.481 e. The molecule has 0 aliphatic rings. The SMILES string of the molecule is CCC(=O)Nc1ccc(C)c(NC(C)CCC(=O)O)c1. The summed E-state index contributed by atoms with van der Waals surface area (Å²) in [6.07, 6.45) is 1.13. The number of carbonyl (C=O) groups is 2. The minimum atomic E-state index is -0.792. The maximum Gasteiger partial charge on any atom is 0.303 e. The van der Waals surface area contributed by atoms with Crippen LogP contribution in [-0.2, 0) is 9.59 Å². The molecule has 1 rings (SSSR count). The lowest BCUT2D eigenvalue weighted by molar-refractivity contribution is -0.137. The van der Waals surface area contributed by atoms with Crippen molar-refractivity contribution in [2.75, 3.05) is 10.6 Å². The Bertz CT molecular complexity index is 486. The quantitative estimate of drug-likeness (QED) is 0.716. The second kappa shape index (κ2) is 7.53. The minimum absolute atomic E-state index is 0.0290. The molecule has 110 valence electrons. The van der Waals surface area contributed by atoms with Gasteiger partial charge in [0.15, 0.2) is 0 Å². The average molecular weight is 278 g/mol. The Hall–Kier alpha value is -2.04.